The van der Waals surface area contributed by atoms with Gasteiger partial charge in [-0.1, -0.05) is 54.6 Å². The number of esters is 1. The van der Waals surface area contributed by atoms with Crippen LogP contribution in [0.4, 0.5) is 0 Å². The van der Waals surface area contributed by atoms with E-state index in [0.29, 0.717) is 17.2 Å². The fraction of sp³-hybridized carbons (Fsp3) is 0.217. The molecule has 4 nitrogen and oxygen atoms in total. The molecule has 2 N–H and O–H groups in total. The van der Waals surface area contributed by atoms with E-state index in [9.17, 15) is 4.79 Å². The van der Waals surface area contributed by atoms with Gasteiger partial charge in [-0.3, -0.25) is 0 Å². The van der Waals surface area contributed by atoms with Crippen LogP contribution in [0.2, 0.25) is 0 Å². The molecule has 0 amide bonds. The maximum Gasteiger partial charge on any atom is 0.338 e. The third kappa shape index (κ3) is 4.15. The molecule has 142 valence electrons. The highest BCUT2D eigenvalue weighted by Gasteiger charge is 2.22. The Bertz CT molecular complexity index is 1020. The van der Waals surface area contributed by atoms with Crippen LogP contribution in [0.15, 0.2) is 66.7 Å². The zero-order valence-electron chi connectivity index (χ0n) is 15.5. The smallest absolute Gasteiger partial charge is 0.338 e. The van der Waals surface area contributed by atoms with Crippen molar-refractivity contribution >= 4 is 34.1 Å². The normalized spacial score (nSPS) is 15.1. The van der Waals surface area contributed by atoms with Crippen molar-refractivity contribution in [3.8, 4) is 0 Å². The Balaban J connectivity index is 1.23. The van der Waals surface area contributed by atoms with Crippen LogP contribution in [-0.2, 0) is 11.2 Å². The number of fused-ring (bicyclic) bond motifs is 2. The number of carbonyl (C=O) groups excluding carboxylic acids is 1. The molecule has 0 saturated heterocycles. The molecule has 0 unspecified atom stereocenters. The SMILES string of the molecule is O=C(OCCNC(=S)N[C@H]1CCc2ccccc21)c1ccc2ccccc2c1. The van der Waals surface area contributed by atoms with Crippen LogP contribution in [-0.4, -0.2) is 24.2 Å². The van der Waals surface area contributed by atoms with E-state index in [-0.39, 0.29) is 18.6 Å². The van der Waals surface area contributed by atoms with Crippen molar-refractivity contribution in [2.45, 2.75) is 18.9 Å². The van der Waals surface area contributed by atoms with Crippen LogP contribution >= 0.6 is 12.2 Å². The fourth-order valence-electron chi connectivity index (χ4n) is 3.62. The van der Waals surface area contributed by atoms with Gasteiger partial charge in [0.1, 0.15) is 6.61 Å². The zero-order chi connectivity index (χ0) is 19.3. The Hall–Kier alpha value is -2.92. The van der Waals surface area contributed by atoms with Crippen LogP contribution in [0.25, 0.3) is 10.8 Å². The van der Waals surface area contributed by atoms with Gasteiger partial charge in [0.2, 0.25) is 0 Å². The molecule has 5 heteroatoms. The van der Waals surface area contributed by atoms with Gasteiger partial charge in [-0.2, -0.15) is 0 Å². The van der Waals surface area contributed by atoms with E-state index in [0.717, 1.165) is 23.6 Å². The molecule has 0 radical (unpaired) electrons. The van der Waals surface area contributed by atoms with Gasteiger partial charge in [0, 0.05) is 0 Å². The van der Waals surface area contributed by atoms with Crippen LogP contribution in [0.3, 0.4) is 0 Å². The highest BCUT2D eigenvalue weighted by Crippen LogP contribution is 2.30. The monoisotopic (exact) mass is 390 g/mol. The van der Waals surface area contributed by atoms with Crippen molar-refractivity contribution in [1.29, 1.82) is 0 Å². The summed E-state index contributed by atoms with van der Waals surface area (Å²) in [6.45, 7) is 0.730. The van der Waals surface area contributed by atoms with Crippen molar-refractivity contribution in [3.63, 3.8) is 0 Å². The Morgan fingerprint density at radius 1 is 1.04 bits per heavy atom. The van der Waals surface area contributed by atoms with Gasteiger partial charge in [-0.05, 0) is 59.1 Å². The molecule has 1 atom stereocenters. The first-order valence-corrected chi connectivity index (χ1v) is 9.89. The number of ether oxygens (including phenoxy) is 1. The maximum atomic E-state index is 12.3. The van der Waals surface area contributed by atoms with Gasteiger partial charge in [0.25, 0.3) is 0 Å². The van der Waals surface area contributed by atoms with E-state index in [1.807, 2.05) is 36.4 Å². The Morgan fingerprint density at radius 3 is 2.71 bits per heavy atom. The van der Waals surface area contributed by atoms with Gasteiger partial charge in [-0.15, -0.1) is 0 Å². The van der Waals surface area contributed by atoms with Crippen molar-refractivity contribution < 1.29 is 9.53 Å². The number of rotatable bonds is 5. The molecule has 3 aromatic carbocycles. The predicted octanol–water partition coefficient (Wildman–Crippen LogP) is 4.15. The summed E-state index contributed by atoms with van der Waals surface area (Å²) in [6, 6.07) is 22.2. The second kappa shape index (κ2) is 8.40. The summed E-state index contributed by atoms with van der Waals surface area (Å²) in [6.07, 6.45) is 2.11. The summed E-state index contributed by atoms with van der Waals surface area (Å²) in [7, 11) is 0. The molecule has 0 aliphatic heterocycles. The van der Waals surface area contributed by atoms with Gasteiger partial charge in [0.15, 0.2) is 5.11 Å². The lowest BCUT2D eigenvalue weighted by Gasteiger charge is -2.17. The van der Waals surface area contributed by atoms with E-state index < -0.39 is 0 Å². The average Bonchev–Trinajstić information content (AvgIpc) is 3.13. The molecule has 0 heterocycles. The number of benzene rings is 3. The Labute approximate surface area is 169 Å². The summed E-state index contributed by atoms with van der Waals surface area (Å²) in [4.78, 5) is 12.3. The predicted molar refractivity (Wildman–Crippen MR) is 115 cm³/mol. The second-order valence-electron chi connectivity index (χ2n) is 6.89. The topological polar surface area (TPSA) is 50.4 Å². The van der Waals surface area contributed by atoms with E-state index in [2.05, 4.69) is 34.9 Å². The molecule has 28 heavy (non-hydrogen) atoms. The first-order chi connectivity index (χ1) is 13.7. The fourth-order valence-corrected chi connectivity index (χ4v) is 3.87. The van der Waals surface area contributed by atoms with Crippen LogP contribution in [0.1, 0.15) is 33.9 Å². The standard InChI is InChI=1S/C23H22N2O2S/c26-22(19-10-9-16-5-1-2-7-18(16)15-19)27-14-13-24-23(28)25-21-12-11-17-6-3-4-8-20(17)21/h1-10,15,21H,11-14H2,(H2,24,25,28)/t21-/m0/s1. The number of thiocarbonyl (C=S) groups is 1. The minimum absolute atomic E-state index is 0.247. The molecule has 4 rings (SSSR count). The van der Waals surface area contributed by atoms with Gasteiger partial charge in [-0.25, -0.2) is 4.79 Å². The van der Waals surface area contributed by atoms with Gasteiger partial charge in [0.05, 0.1) is 18.2 Å². The van der Waals surface area contributed by atoms with E-state index >= 15 is 0 Å². The summed E-state index contributed by atoms with van der Waals surface area (Å²) in [5.74, 6) is -0.323. The molecule has 1 aliphatic carbocycles. The van der Waals surface area contributed by atoms with E-state index in [4.69, 9.17) is 17.0 Å². The molecule has 0 fully saturated rings. The summed E-state index contributed by atoms with van der Waals surface area (Å²) in [5.41, 5.74) is 3.25. The van der Waals surface area contributed by atoms with Crippen molar-refractivity contribution in [2.24, 2.45) is 0 Å². The molecule has 0 bridgehead atoms. The largest absolute Gasteiger partial charge is 0.460 e. The van der Waals surface area contributed by atoms with Crippen molar-refractivity contribution in [1.82, 2.24) is 10.6 Å². The number of hydrogen-bond acceptors (Lipinski definition) is 3. The number of aryl methyl sites for hydroxylation is 1. The first-order valence-electron chi connectivity index (χ1n) is 9.49. The first kappa shape index (κ1) is 18.4. The number of carbonyl (C=O) groups is 1. The highest BCUT2D eigenvalue weighted by atomic mass is 32.1. The third-order valence-corrected chi connectivity index (χ3v) is 5.31. The maximum absolute atomic E-state index is 12.3. The third-order valence-electron chi connectivity index (χ3n) is 5.04. The summed E-state index contributed by atoms with van der Waals surface area (Å²) >= 11 is 5.38. The number of hydrogen-bond donors (Lipinski definition) is 2. The van der Waals surface area contributed by atoms with Crippen LogP contribution in [0.5, 0.6) is 0 Å². The molecule has 3 aromatic rings. The molecule has 1 aliphatic rings. The van der Waals surface area contributed by atoms with E-state index in [1.165, 1.54) is 11.1 Å². The van der Waals surface area contributed by atoms with E-state index in [1.54, 1.807) is 6.07 Å². The molecule has 0 spiro atoms. The minimum Gasteiger partial charge on any atom is -0.460 e. The summed E-state index contributed by atoms with van der Waals surface area (Å²) in [5, 5.41) is 9.19. The zero-order valence-corrected chi connectivity index (χ0v) is 16.3. The lowest BCUT2D eigenvalue weighted by molar-refractivity contribution is 0.0513. The molecular formula is C23H22N2O2S. The highest BCUT2D eigenvalue weighted by molar-refractivity contribution is 7.80. The molecular weight excluding hydrogens is 368 g/mol. The quantitative estimate of drug-likeness (QED) is 0.389. The van der Waals surface area contributed by atoms with Crippen molar-refractivity contribution in [3.05, 3.63) is 83.4 Å². The Kier molecular flexibility index (Phi) is 5.53. The van der Waals surface area contributed by atoms with Gasteiger partial charge >= 0.3 is 5.97 Å². The van der Waals surface area contributed by atoms with Crippen molar-refractivity contribution in [2.75, 3.05) is 13.2 Å². The summed E-state index contributed by atoms with van der Waals surface area (Å²) < 4.78 is 5.36. The van der Waals surface area contributed by atoms with Crippen LogP contribution in [0, 0.1) is 0 Å². The molecule has 0 aromatic heterocycles. The van der Waals surface area contributed by atoms with Gasteiger partial charge < -0.3 is 15.4 Å². The number of nitrogens with one attached hydrogen (secondary N) is 2. The van der Waals surface area contributed by atoms with Crippen LogP contribution < -0.4 is 10.6 Å². The lowest BCUT2D eigenvalue weighted by atomic mass is 10.1. The minimum atomic E-state index is -0.323. The lowest BCUT2D eigenvalue weighted by Crippen LogP contribution is -2.38. The molecule has 0 saturated carbocycles. The average molecular weight is 391 g/mol. The second-order valence-corrected chi connectivity index (χ2v) is 7.30. The Morgan fingerprint density at radius 2 is 1.82 bits per heavy atom.